The van der Waals surface area contributed by atoms with E-state index in [-0.39, 0.29) is 11.8 Å². The first-order chi connectivity index (χ1) is 14.4. The average Bonchev–Trinajstić information content (AvgIpc) is 2.70. The van der Waals surface area contributed by atoms with Crippen LogP contribution in [0.5, 0.6) is 0 Å². The van der Waals surface area contributed by atoms with E-state index in [1.807, 2.05) is 44.2 Å². The topological polar surface area (TPSA) is 64.7 Å². The molecule has 2 aromatic carbocycles. The molecule has 0 radical (unpaired) electrons. The fraction of sp³-hybridized carbons (Fsp3) is 0.391. The summed E-state index contributed by atoms with van der Waals surface area (Å²) in [6.07, 6.45) is 0.430. The molecule has 3 rings (SSSR count). The Morgan fingerprint density at radius 3 is 2.20 bits per heavy atom. The van der Waals surface area contributed by atoms with Crippen LogP contribution in [0.2, 0.25) is 5.02 Å². The van der Waals surface area contributed by atoms with E-state index < -0.39 is 0 Å². The molecule has 1 heterocycles. The van der Waals surface area contributed by atoms with Crippen molar-refractivity contribution < 1.29 is 9.59 Å². The molecule has 0 saturated carbocycles. The van der Waals surface area contributed by atoms with Gasteiger partial charge in [0.05, 0.1) is 6.54 Å². The number of nitrogens with one attached hydrogen (secondary N) is 2. The predicted molar refractivity (Wildman–Crippen MR) is 122 cm³/mol. The lowest BCUT2D eigenvalue weighted by atomic mass is 10.1. The number of carbonyl (C=O) groups excluding carboxylic acids is 2. The third-order valence-electron chi connectivity index (χ3n) is 5.34. The van der Waals surface area contributed by atoms with E-state index in [4.69, 9.17) is 11.6 Å². The maximum absolute atomic E-state index is 12.5. The van der Waals surface area contributed by atoms with Crippen LogP contribution in [0, 0.1) is 13.8 Å². The molecule has 1 aliphatic heterocycles. The molecular weight excluding hydrogens is 400 g/mol. The van der Waals surface area contributed by atoms with Crippen molar-refractivity contribution in [3.8, 4) is 0 Å². The molecule has 0 aromatic heterocycles. The lowest BCUT2D eigenvalue weighted by Crippen LogP contribution is -2.49. The fourth-order valence-corrected chi connectivity index (χ4v) is 3.80. The summed E-state index contributed by atoms with van der Waals surface area (Å²) in [5.41, 5.74) is 3.77. The number of carbonyl (C=O) groups is 2. The zero-order valence-electron chi connectivity index (χ0n) is 17.6. The predicted octanol–water partition coefficient (Wildman–Crippen LogP) is 3.54. The molecule has 0 bridgehead atoms. The van der Waals surface area contributed by atoms with Gasteiger partial charge in [-0.1, -0.05) is 35.9 Å². The zero-order chi connectivity index (χ0) is 21.5. The fourth-order valence-electron chi connectivity index (χ4n) is 3.61. The van der Waals surface area contributed by atoms with E-state index in [0.717, 1.165) is 43.0 Å². The Kier molecular flexibility index (Phi) is 7.85. The van der Waals surface area contributed by atoms with Crippen molar-refractivity contribution in [3.05, 3.63) is 58.6 Å². The SMILES string of the molecule is Cc1cccc(C)c1NC(=O)CN1CCN(CCC(=O)Nc2cccc(Cl)c2)CC1. The van der Waals surface area contributed by atoms with E-state index >= 15 is 0 Å². The lowest BCUT2D eigenvalue weighted by molar-refractivity contribution is -0.117. The van der Waals surface area contributed by atoms with Gasteiger partial charge in [0.25, 0.3) is 0 Å². The second-order valence-electron chi connectivity index (χ2n) is 7.74. The van der Waals surface area contributed by atoms with Crippen LogP contribution in [0.4, 0.5) is 11.4 Å². The highest BCUT2D eigenvalue weighted by Crippen LogP contribution is 2.19. The molecule has 2 aromatic rings. The summed E-state index contributed by atoms with van der Waals surface area (Å²) >= 11 is 5.94. The standard InChI is InChI=1S/C23H29ClN4O2/c1-17-5-3-6-18(2)23(17)26-22(30)16-28-13-11-27(12-14-28)10-9-21(29)25-20-8-4-7-19(24)15-20/h3-8,15H,9-14,16H2,1-2H3,(H,25,29)(H,26,30). The first kappa shape index (κ1) is 22.3. The third kappa shape index (κ3) is 6.55. The van der Waals surface area contributed by atoms with Crippen molar-refractivity contribution in [3.63, 3.8) is 0 Å². The summed E-state index contributed by atoms with van der Waals surface area (Å²) < 4.78 is 0. The average molecular weight is 429 g/mol. The third-order valence-corrected chi connectivity index (χ3v) is 5.58. The van der Waals surface area contributed by atoms with Crippen LogP contribution in [0.1, 0.15) is 17.5 Å². The van der Waals surface area contributed by atoms with Gasteiger partial charge in [-0.25, -0.2) is 0 Å². The number of amides is 2. The lowest BCUT2D eigenvalue weighted by Gasteiger charge is -2.34. The summed E-state index contributed by atoms with van der Waals surface area (Å²) in [5, 5.41) is 6.53. The Morgan fingerprint density at radius 2 is 1.53 bits per heavy atom. The van der Waals surface area contributed by atoms with Gasteiger partial charge in [0.1, 0.15) is 0 Å². The number of hydrogen-bond acceptors (Lipinski definition) is 4. The highest BCUT2D eigenvalue weighted by atomic mass is 35.5. The van der Waals surface area contributed by atoms with Crippen LogP contribution in [-0.2, 0) is 9.59 Å². The molecule has 7 heteroatoms. The van der Waals surface area contributed by atoms with Crippen molar-refractivity contribution in [1.29, 1.82) is 0 Å². The van der Waals surface area contributed by atoms with Crippen molar-refractivity contribution in [2.45, 2.75) is 20.3 Å². The molecule has 1 aliphatic rings. The number of piperazine rings is 1. The second kappa shape index (κ2) is 10.6. The molecule has 0 spiro atoms. The van der Waals surface area contributed by atoms with E-state index in [2.05, 4.69) is 20.4 Å². The minimum Gasteiger partial charge on any atom is -0.326 e. The van der Waals surface area contributed by atoms with E-state index in [0.29, 0.717) is 30.2 Å². The Labute approximate surface area is 183 Å². The molecular formula is C23H29ClN4O2. The van der Waals surface area contributed by atoms with Crippen LogP contribution in [0.25, 0.3) is 0 Å². The Hall–Kier alpha value is -2.41. The molecule has 6 nitrogen and oxygen atoms in total. The summed E-state index contributed by atoms with van der Waals surface area (Å²) in [7, 11) is 0. The highest BCUT2D eigenvalue weighted by Gasteiger charge is 2.20. The molecule has 0 atom stereocenters. The van der Waals surface area contributed by atoms with E-state index in [1.165, 1.54) is 0 Å². The van der Waals surface area contributed by atoms with Crippen LogP contribution >= 0.6 is 11.6 Å². The normalized spacial score (nSPS) is 15.0. The number of para-hydroxylation sites is 1. The van der Waals surface area contributed by atoms with Crippen molar-refractivity contribution in [1.82, 2.24) is 9.80 Å². The van der Waals surface area contributed by atoms with Gasteiger partial charge < -0.3 is 15.5 Å². The van der Waals surface area contributed by atoms with Crippen molar-refractivity contribution in [2.24, 2.45) is 0 Å². The number of anilines is 2. The van der Waals surface area contributed by atoms with Gasteiger partial charge in [0.15, 0.2) is 0 Å². The molecule has 1 fully saturated rings. The minimum absolute atomic E-state index is 0.0155. The van der Waals surface area contributed by atoms with Crippen LogP contribution in [-0.4, -0.2) is 60.9 Å². The first-order valence-corrected chi connectivity index (χ1v) is 10.6. The molecule has 1 saturated heterocycles. The van der Waals surface area contributed by atoms with Gasteiger partial charge in [-0.2, -0.15) is 0 Å². The van der Waals surface area contributed by atoms with Crippen LogP contribution in [0.3, 0.4) is 0 Å². The largest absolute Gasteiger partial charge is 0.326 e. The second-order valence-corrected chi connectivity index (χ2v) is 8.18. The number of benzene rings is 2. The summed E-state index contributed by atoms with van der Waals surface area (Å²) in [6.45, 7) is 8.42. The van der Waals surface area contributed by atoms with Gasteiger partial charge >= 0.3 is 0 Å². The van der Waals surface area contributed by atoms with Gasteiger partial charge in [-0.3, -0.25) is 14.5 Å². The monoisotopic (exact) mass is 428 g/mol. The Balaban J connectivity index is 1.37. The summed E-state index contributed by atoms with van der Waals surface area (Å²) in [5.74, 6) is -0.00516. The molecule has 30 heavy (non-hydrogen) atoms. The number of hydrogen-bond donors (Lipinski definition) is 2. The Bertz CT molecular complexity index is 874. The van der Waals surface area contributed by atoms with E-state index in [1.54, 1.807) is 12.1 Å². The maximum atomic E-state index is 12.5. The number of nitrogens with zero attached hydrogens (tertiary/aromatic N) is 2. The first-order valence-electron chi connectivity index (χ1n) is 10.3. The number of aryl methyl sites for hydroxylation is 2. The van der Waals surface area contributed by atoms with Crippen LogP contribution < -0.4 is 10.6 Å². The van der Waals surface area contributed by atoms with Gasteiger partial charge in [-0.15, -0.1) is 0 Å². The zero-order valence-corrected chi connectivity index (χ0v) is 18.3. The van der Waals surface area contributed by atoms with Gasteiger partial charge in [-0.05, 0) is 43.2 Å². The Morgan fingerprint density at radius 1 is 0.900 bits per heavy atom. The molecule has 2 N–H and O–H groups in total. The highest BCUT2D eigenvalue weighted by molar-refractivity contribution is 6.30. The molecule has 2 amide bonds. The summed E-state index contributed by atoms with van der Waals surface area (Å²) in [6, 6.07) is 13.2. The van der Waals surface area contributed by atoms with Crippen molar-refractivity contribution >= 4 is 34.8 Å². The van der Waals surface area contributed by atoms with Crippen molar-refractivity contribution in [2.75, 3.05) is 49.9 Å². The summed E-state index contributed by atoms with van der Waals surface area (Å²) in [4.78, 5) is 29.0. The van der Waals surface area contributed by atoms with Crippen LogP contribution in [0.15, 0.2) is 42.5 Å². The smallest absolute Gasteiger partial charge is 0.238 e. The van der Waals surface area contributed by atoms with E-state index in [9.17, 15) is 9.59 Å². The quantitative estimate of drug-likeness (QED) is 0.708. The van der Waals surface area contributed by atoms with Gasteiger partial charge in [0.2, 0.25) is 11.8 Å². The molecule has 0 aliphatic carbocycles. The number of rotatable bonds is 7. The molecule has 160 valence electrons. The molecule has 0 unspecified atom stereocenters. The maximum Gasteiger partial charge on any atom is 0.238 e. The number of halogens is 1. The minimum atomic E-state index is -0.0207. The van der Waals surface area contributed by atoms with Gasteiger partial charge in [0, 0.05) is 55.5 Å².